The maximum absolute atomic E-state index is 3.46. The van der Waals surface area contributed by atoms with Crippen molar-refractivity contribution in [2.24, 2.45) is 0 Å². The average molecular weight is 257 g/mol. The number of hydrogen-bond donors (Lipinski definition) is 2. The van der Waals surface area contributed by atoms with Crippen LogP contribution in [0.3, 0.4) is 0 Å². The van der Waals surface area contributed by atoms with E-state index in [1.54, 1.807) is 0 Å². The molecule has 3 nitrogen and oxygen atoms in total. The van der Waals surface area contributed by atoms with E-state index in [-0.39, 0.29) is 0 Å². The topological polar surface area (TPSA) is 31.1 Å². The molecule has 0 saturated carbocycles. The predicted molar refractivity (Wildman–Crippen MR) is 80.5 cm³/mol. The third-order valence-electron chi connectivity index (χ3n) is 4.03. The highest BCUT2D eigenvalue weighted by atomic mass is 15.1. The van der Waals surface area contributed by atoms with E-state index in [4.69, 9.17) is 0 Å². The molecule has 19 heavy (non-hydrogen) atoms. The van der Waals surface area contributed by atoms with Crippen molar-refractivity contribution in [3.05, 3.63) is 35.0 Å². The minimum Gasteiger partial charge on any atom is -0.361 e. The minimum atomic E-state index is 1.06. The van der Waals surface area contributed by atoms with Gasteiger partial charge in [-0.1, -0.05) is 6.07 Å². The molecule has 1 fully saturated rings. The third-order valence-corrected chi connectivity index (χ3v) is 4.03. The van der Waals surface area contributed by atoms with Gasteiger partial charge in [-0.25, -0.2) is 0 Å². The van der Waals surface area contributed by atoms with Gasteiger partial charge in [0, 0.05) is 36.7 Å². The van der Waals surface area contributed by atoms with Crippen LogP contribution in [-0.4, -0.2) is 36.1 Å². The number of fused-ring (bicyclic) bond motifs is 1. The maximum Gasteiger partial charge on any atom is 0.0462 e. The lowest BCUT2D eigenvalue weighted by Gasteiger charge is -2.19. The molecule has 2 heterocycles. The molecule has 3 heteroatoms. The second kappa shape index (κ2) is 5.35. The SMILES string of the molecule is Cc1cc(C)c2c(CN3CCCNCC3)c[nH]c2c1. The zero-order chi connectivity index (χ0) is 13.2. The number of aromatic amines is 1. The van der Waals surface area contributed by atoms with Crippen molar-refractivity contribution in [3.8, 4) is 0 Å². The van der Waals surface area contributed by atoms with E-state index in [2.05, 4.69) is 47.4 Å². The van der Waals surface area contributed by atoms with Crippen LogP contribution < -0.4 is 5.32 Å². The molecule has 1 aromatic heterocycles. The fourth-order valence-corrected chi connectivity index (χ4v) is 3.17. The molecule has 0 atom stereocenters. The van der Waals surface area contributed by atoms with Crippen molar-refractivity contribution in [1.29, 1.82) is 0 Å². The van der Waals surface area contributed by atoms with Gasteiger partial charge in [0.25, 0.3) is 0 Å². The summed E-state index contributed by atoms with van der Waals surface area (Å²) in [5.41, 5.74) is 5.44. The number of hydrogen-bond acceptors (Lipinski definition) is 2. The number of rotatable bonds is 2. The quantitative estimate of drug-likeness (QED) is 0.866. The second-order valence-corrected chi connectivity index (χ2v) is 5.70. The van der Waals surface area contributed by atoms with Crippen LogP contribution in [0.4, 0.5) is 0 Å². The normalized spacial score (nSPS) is 17.8. The highest BCUT2D eigenvalue weighted by Crippen LogP contribution is 2.25. The van der Waals surface area contributed by atoms with Crippen LogP contribution in [0.15, 0.2) is 18.3 Å². The summed E-state index contributed by atoms with van der Waals surface area (Å²) in [6.45, 7) is 10.1. The molecular formula is C16H23N3. The first-order valence-electron chi connectivity index (χ1n) is 7.24. The summed E-state index contributed by atoms with van der Waals surface area (Å²) in [5, 5.41) is 4.88. The Hall–Kier alpha value is -1.32. The van der Waals surface area contributed by atoms with Crippen LogP contribution in [0.5, 0.6) is 0 Å². The van der Waals surface area contributed by atoms with Crippen LogP contribution in [-0.2, 0) is 6.54 Å². The number of nitrogens with zero attached hydrogens (tertiary/aromatic N) is 1. The Morgan fingerprint density at radius 1 is 1.16 bits per heavy atom. The van der Waals surface area contributed by atoms with Crippen LogP contribution >= 0.6 is 0 Å². The molecule has 2 aromatic rings. The predicted octanol–water partition coefficient (Wildman–Crippen LogP) is 2.58. The number of benzene rings is 1. The first-order chi connectivity index (χ1) is 9.24. The molecule has 1 aliphatic rings. The van der Waals surface area contributed by atoms with Crippen LogP contribution in [0.1, 0.15) is 23.1 Å². The Morgan fingerprint density at radius 3 is 2.95 bits per heavy atom. The van der Waals surface area contributed by atoms with E-state index in [0.717, 1.165) is 26.2 Å². The molecule has 0 bridgehead atoms. The Morgan fingerprint density at radius 2 is 2.05 bits per heavy atom. The Labute approximate surface area is 115 Å². The summed E-state index contributed by atoms with van der Waals surface area (Å²) in [4.78, 5) is 5.99. The summed E-state index contributed by atoms with van der Waals surface area (Å²) in [7, 11) is 0. The minimum absolute atomic E-state index is 1.06. The zero-order valence-corrected chi connectivity index (χ0v) is 11.9. The van der Waals surface area contributed by atoms with Gasteiger partial charge in [0.05, 0.1) is 0 Å². The van der Waals surface area contributed by atoms with E-state index in [1.165, 1.54) is 40.6 Å². The third kappa shape index (κ3) is 2.67. The molecule has 0 unspecified atom stereocenters. The lowest BCUT2D eigenvalue weighted by Crippen LogP contribution is -2.27. The summed E-state index contributed by atoms with van der Waals surface area (Å²) < 4.78 is 0. The Balaban J connectivity index is 1.88. The van der Waals surface area contributed by atoms with Gasteiger partial charge in [0.2, 0.25) is 0 Å². The second-order valence-electron chi connectivity index (χ2n) is 5.70. The molecule has 0 radical (unpaired) electrons. The highest BCUT2D eigenvalue weighted by Gasteiger charge is 2.13. The molecule has 0 spiro atoms. The lowest BCUT2D eigenvalue weighted by atomic mass is 10.0. The molecule has 102 valence electrons. The van der Waals surface area contributed by atoms with Crippen molar-refractivity contribution in [3.63, 3.8) is 0 Å². The molecule has 0 amide bonds. The van der Waals surface area contributed by atoms with Crippen molar-refractivity contribution >= 4 is 10.9 Å². The standard InChI is InChI=1S/C16H23N3/c1-12-8-13(2)16-14(10-18-15(16)9-12)11-19-6-3-4-17-5-7-19/h8-10,17-18H,3-7,11H2,1-2H3. The van der Waals surface area contributed by atoms with Gasteiger partial charge in [-0.3, -0.25) is 4.90 Å². The average Bonchev–Trinajstić information content (AvgIpc) is 2.59. The van der Waals surface area contributed by atoms with E-state index >= 15 is 0 Å². The van der Waals surface area contributed by atoms with Crippen LogP contribution in [0, 0.1) is 13.8 Å². The van der Waals surface area contributed by atoms with Crippen molar-refractivity contribution < 1.29 is 0 Å². The van der Waals surface area contributed by atoms with Gasteiger partial charge in [-0.05, 0) is 56.1 Å². The molecule has 0 aliphatic carbocycles. The van der Waals surface area contributed by atoms with E-state index in [9.17, 15) is 0 Å². The Kier molecular flexibility index (Phi) is 3.58. The number of aromatic nitrogens is 1. The van der Waals surface area contributed by atoms with E-state index < -0.39 is 0 Å². The monoisotopic (exact) mass is 257 g/mol. The molecule has 1 aromatic carbocycles. The van der Waals surface area contributed by atoms with Gasteiger partial charge in [-0.15, -0.1) is 0 Å². The maximum atomic E-state index is 3.46. The van der Waals surface area contributed by atoms with Crippen molar-refractivity contribution in [2.45, 2.75) is 26.8 Å². The first kappa shape index (κ1) is 12.7. The largest absolute Gasteiger partial charge is 0.361 e. The summed E-state index contributed by atoms with van der Waals surface area (Å²) in [6, 6.07) is 4.53. The van der Waals surface area contributed by atoms with E-state index in [0.29, 0.717) is 0 Å². The fourth-order valence-electron chi connectivity index (χ4n) is 3.17. The molecule has 1 aliphatic heterocycles. The number of nitrogens with one attached hydrogen (secondary N) is 2. The first-order valence-corrected chi connectivity index (χ1v) is 7.24. The zero-order valence-electron chi connectivity index (χ0n) is 11.9. The molecule has 1 saturated heterocycles. The summed E-state index contributed by atoms with van der Waals surface area (Å²) >= 11 is 0. The van der Waals surface area contributed by atoms with Crippen molar-refractivity contribution in [1.82, 2.24) is 15.2 Å². The van der Waals surface area contributed by atoms with Gasteiger partial charge in [0.1, 0.15) is 0 Å². The smallest absolute Gasteiger partial charge is 0.0462 e. The summed E-state index contributed by atoms with van der Waals surface area (Å²) in [5.74, 6) is 0. The van der Waals surface area contributed by atoms with Gasteiger partial charge >= 0.3 is 0 Å². The highest BCUT2D eigenvalue weighted by molar-refractivity contribution is 5.87. The summed E-state index contributed by atoms with van der Waals surface area (Å²) in [6.07, 6.45) is 3.44. The Bertz CT molecular complexity index is 563. The lowest BCUT2D eigenvalue weighted by molar-refractivity contribution is 0.285. The van der Waals surface area contributed by atoms with Crippen LogP contribution in [0.25, 0.3) is 10.9 Å². The number of H-pyrrole nitrogens is 1. The van der Waals surface area contributed by atoms with Crippen molar-refractivity contribution in [2.75, 3.05) is 26.2 Å². The molecule has 3 rings (SSSR count). The van der Waals surface area contributed by atoms with Gasteiger partial charge in [-0.2, -0.15) is 0 Å². The molecule has 2 N–H and O–H groups in total. The van der Waals surface area contributed by atoms with Gasteiger partial charge < -0.3 is 10.3 Å². The molecular weight excluding hydrogens is 234 g/mol. The van der Waals surface area contributed by atoms with Crippen LogP contribution in [0.2, 0.25) is 0 Å². The van der Waals surface area contributed by atoms with Gasteiger partial charge in [0.15, 0.2) is 0 Å². The number of aryl methyl sites for hydroxylation is 2. The fraction of sp³-hybridized carbons (Fsp3) is 0.500. The van der Waals surface area contributed by atoms with E-state index in [1.807, 2.05) is 0 Å².